The number of anilines is 2. The van der Waals surface area contributed by atoms with Gasteiger partial charge in [0.15, 0.2) is 5.83 Å². The lowest BCUT2D eigenvalue weighted by atomic mass is 9.82. The Balaban J connectivity index is 1.24. The number of benzene rings is 2. The molecule has 5 heterocycles. The maximum absolute atomic E-state index is 14.8. The summed E-state index contributed by atoms with van der Waals surface area (Å²) in [6, 6.07) is 10.5. The molecule has 2 aromatic carbocycles. The molecule has 258 valence electrons. The first-order chi connectivity index (χ1) is 23.4. The van der Waals surface area contributed by atoms with Crippen molar-refractivity contribution in [1.82, 2.24) is 19.8 Å². The van der Waals surface area contributed by atoms with E-state index in [4.69, 9.17) is 26.3 Å². The van der Waals surface area contributed by atoms with E-state index in [1.165, 1.54) is 11.0 Å². The van der Waals surface area contributed by atoms with Gasteiger partial charge < -0.3 is 19.4 Å². The smallest absolute Gasteiger partial charge is 0.318 e. The summed E-state index contributed by atoms with van der Waals surface area (Å²) in [6.45, 7) is 10.7. The van der Waals surface area contributed by atoms with Gasteiger partial charge in [0.05, 0.1) is 41.3 Å². The Labute approximate surface area is 288 Å². The minimum Gasteiger partial charge on any atom is -0.461 e. The molecule has 3 saturated heterocycles. The fourth-order valence-corrected chi connectivity index (χ4v) is 8.81. The summed E-state index contributed by atoms with van der Waals surface area (Å²) in [5.41, 5.74) is 1.96. The van der Waals surface area contributed by atoms with Crippen molar-refractivity contribution in [1.29, 1.82) is 5.26 Å². The van der Waals surface area contributed by atoms with Gasteiger partial charge >= 0.3 is 6.01 Å². The first-order valence-electron chi connectivity index (χ1n) is 16.7. The molecule has 0 spiro atoms. The zero-order valence-electron chi connectivity index (χ0n) is 27.7. The highest BCUT2D eigenvalue weighted by atomic mass is 35.5. The lowest BCUT2D eigenvalue weighted by molar-refractivity contribution is -0.131. The van der Waals surface area contributed by atoms with Crippen molar-refractivity contribution in [3.8, 4) is 12.1 Å². The second kappa shape index (κ2) is 12.7. The van der Waals surface area contributed by atoms with Crippen LogP contribution in [0.4, 0.5) is 24.7 Å². The fraction of sp³-hybridized carbons (Fsp3) is 0.500. The molecule has 13 heteroatoms. The van der Waals surface area contributed by atoms with Crippen LogP contribution >= 0.6 is 11.6 Å². The van der Waals surface area contributed by atoms with Crippen molar-refractivity contribution in [2.45, 2.75) is 63.8 Å². The molecule has 9 nitrogen and oxygen atoms in total. The number of hydrogen-bond acceptors (Lipinski definition) is 8. The van der Waals surface area contributed by atoms with E-state index in [1.807, 2.05) is 23.1 Å². The predicted octanol–water partition coefficient (Wildman–Crippen LogP) is 5.99. The van der Waals surface area contributed by atoms with Gasteiger partial charge in [0.25, 0.3) is 5.91 Å². The van der Waals surface area contributed by atoms with Crippen LogP contribution in [0.25, 0.3) is 10.8 Å². The molecule has 0 radical (unpaired) electrons. The summed E-state index contributed by atoms with van der Waals surface area (Å²) in [6.07, 6.45) is 0.800. The molecule has 3 aromatic rings. The van der Waals surface area contributed by atoms with Crippen molar-refractivity contribution >= 4 is 39.8 Å². The highest BCUT2D eigenvalue weighted by Crippen LogP contribution is 2.48. The zero-order chi connectivity index (χ0) is 34.7. The third kappa shape index (κ3) is 6.16. The molecule has 3 atom stereocenters. The fourth-order valence-electron chi connectivity index (χ4n) is 8.54. The number of ether oxygens (including phenoxy) is 1. The second-order valence-electron chi connectivity index (χ2n) is 14.6. The number of nitrogens with zero attached hydrogens (tertiary/aromatic N) is 7. The molecule has 1 amide bonds. The van der Waals surface area contributed by atoms with E-state index < -0.39 is 35.3 Å². The molecular weight excluding hydrogens is 655 g/mol. The lowest BCUT2D eigenvalue weighted by Gasteiger charge is -2.42. The molecular formula is C36H39ClF3N7O2. The maximum Gasteiger partial charge on any atom is 0.318 e. The van der Waals surface area contributed by atoms with Crippen molar-refractivity contribution in [2.24, 2.45) is 5.41 Å². The van der Waals surface area contributed by atoms with Crippen molar-refractivity contribution in [3.05, 3.63) is 64.8 Å². The minimum absolute atomic E-state index is 0.0108. The summed E-state index contributed by atoms with van der Waals surface area (Å²) >= 11 is 6.51. The average molecular weight is 694 g/mol. The Hall–Kier alpha value is -4.08. The van der Waals surface area contributed by atoms with Gasteiger partial charge in [0, 0.05) is 62.3 Å². The Morgan fingerprint density at radius 3 is 2.76 bits per heavy atom. The lowest BCUT2D eigenvalue weighted by Crippen LogP contribution is -2.55. The van der Waals surface area contributed by atoms with Crippen molar-refractivity contribution in [2.75, 3.05) is 55.7 Å². The number of amides is 1. The van der Waals surface area contributed by atoms with Gasteiger partial charge in [0.2, 0.25) is 0 Å². The second-order valence-corrected chi connectivity index (χ2v) is 14.9. The molecule has 0 bridgehead atoms. The van der Waals surface area contributed by atoms with Gasteiger partial charge in [-0.25, -0.2) is 13.2 Å². The van der Waals surface area contributed by atoms with E-state index in [1.54, 1.807) is 6.07 Å². The van der Waals surface area contributed by atoms with Gasteiger partial charge in [0.1, 0.15) is 24.4 Å². The number of hydrogen-bond donors (Lipinski definition) is 0. The molecule has 0 saturated carbocycles. The highest BCUT2D eigenvalue weighted by molar-refractivity contribution is 6.36. The van der Waals surface area contributed by atoms with Gasteiger partial charge in [-0.2, -0.15) is 15.2 Å². The summed E-state index contributed by atoms with van der Waals surface area (Å²) < 4.78 is 49.7. The topological polar surface area (TPSA) is 88.8 Å². The Kier molecular flexibility index (Phi) is 8.64. The number of rotatable bonds is 7. The van der Waals surface area contributed by atoms with E-state index in [0.29, 0.717) is 50.2 Å². The number of carbonyl (C=O) groups is 1. The molecule has 7 rings (SSSR count). The van der Waals surface area contributed by atoms with Gasteiger partial charge in [-0.3, -0.25) is 9.69 Å². The molecule has 0 aliphatic carbocycles. The van der Waals surface area contributed by atoms with Gasteiger partial charge in [-0.15, -0.1) is 0 Å². The van der Waals surface area contributed by atoms with E-state index in [-0.39, 0.29) is 42.6 Å². The highest BCUT2D eigenvalue weighted by Gasteiger charge is 2.55. The van der Waals surface area contributed by atoms with Crippen molar-refractivity contribution in [3.63, 3.8) is 0 Å². The number of carbonyl (C=O) groups excluding carboxylic acids is 1. The maximum atomic E-state index is 14.8. The summed E-state index contributed by atoms with van der Waals surface area (Å²) in [5, 5.41) is 11.1. The SMILES string of the molecule is C=C(F)C(=O)N1CCN(c2nc(OCC34CC(F)CN3CC(C)(C)C4)nc3c2CCN(c2cccc4ccc(F)c(Cl)c24)C3)C[C@@H]1CC#N. The number of fused-ring (bicyclic) bond motifs is 3. The van der Waals surface area contributed by atoms with E-state index in [2.05, 4.69) is 36.3 Å². The van der Waals surface area contributed by atoms with Crippen LogP contribution in [0.2, 0.25) is 5.02 Å². The van der Waals surface area contributed by atoms with Gasteiger partial charge in [-0.05, 0) is 35.8 Å². The Bertz CT molecular complexity index is 1870. The summed E-state index contributed by atoms with van der Waals surface area (Å²) in [4.78, 5) is 30.1. The van der Waals surface area contributed by atoms with Crippen LogP contribution in [-0.2, 0) is 17.8 Å². The third-order valence-electron chi connectivity index (χ3n) is 10.5. The zero-order valence-corrected chi connectivity index (χ0v) is 28.4. The number of nitriles is 1. The quantitative estimate of drug-likeness (QED) is 0.279. The molecule has 4 aliphatic heterocycles. The predicted molar refractivity (Wildman–Crippen MR) is 182 cm³/mol. The normalized spacial score (nSPS) is 24.9. The molecule has 49 heavy (non-hydrogen) atoms. The van der Waals surface area contributed by atoms with Crippen molar-refractivity contribution < 1.29 is 22.7 Å². The molecule has 3 fully saturated rings. The van der Waals surface area contributed by atoms with Crippen LogP contribution in [0.15, 0.2) is 42.7 Å². The summed E-state index contributed by atoms with van der Waals surface area (Å²) in [7, 11) is 0. The van der Waals surface area contributed by atoms with E-state index in [9.17, 15) is 23.2 Å². The standard InChI is InChI=1S/C36H39ClF3N7O2/c1-22(38)33(48)47-14-13-45(17-25(47)9-11-41)32-26-10-12-44(29-6-4-5-23-7-8-27(40)31(37)30(23)29)18-28(26)42-34(43-32)49-21-36-15-24(39)16-46(36)20-35(2,3)19-36/h4-8,24-25H,1,9-10,12-21H2,2-3H3/t24?,25-,36?/m0/s1. The van der Waals surface area contributed by atoms with E-state index in [0.717, 1.165) is 35.3 Å². The summed E-state index contributed by atoms with van der Waals surface area (Å²) in [5.74, 6) is -1.75. The Morgan fingerprint density at radius 2 is 1.98 bits per heavy atom. The van der Waals surface area contributed by atoms with Crippen LogP contribution < -0.4 is 14.5 Å². The van der Waals surface area contributed by atoms with E-state index >= 15 is 0 Å². The van der Waals surface area contributed by atoms with Crippen LogP contribution in [0.1, 0.15) is 44.4 Å². The minimum atomic E-state index is -1.06. The molecule has 0 N–H and O–H groups in total. The number of aromatic nitrogens is 2. The molecule has 4 aliphatic rings. The number of alkyl halides is 1. The molecule has 1 aromatic heterocycles. The average Bonchev–Trinajstić information content (AvgIpc) is 3.50. The monoisotopic (exact) mass is 693 g/mol. The Morgan fingerprint density at radius 1 is 1.16 bits per heavy atom. The van der Waals surface area contributed by atoms with Crippen LogP contribution in [0, 0.1) is 22.6 Å². The first kappa shape index (κ1) is 33.4. The number of piperazine rings is 1. The van der Waals surface area contributed by atoms with Crippen LogP contribution in [0.3, 0.4) is 0 Å². The largest absolute Gasteiger partial charge is 0.461 e. The first-order valence-corrected chi connectivity index (χ1v) is 17.1. The third-order valence-corrected chi connectivity index (χ3v) is 10.8. The number of halogens is 4. The van der Waals surface area contributed by atoms with Crippen LogP contribution in [0.5, 0.6) is 6.01 Å². The van der Waals surface area contributed by atoms with Crippen LogP contribution in [-0.4, -0.2) is 89.3 Å². The van der Waals surface area contributed by atoms with Gasteiger partial charge in [-0.1, -0.05) is 50.2 Å². The molecule has 2 unspecified atom stereocenters.